The SMILES string of the molecule is Cc1c(CNCc2cnn(CC(F)(F)F)c2)cnn1C. The van der Waals surface area contributed by atoms with Crippen molar-refractivity contribution in [2.45, 2.75) is 32.7 Å². The number of nitrogens with zero attached hydrogens (tertiary/aromatic N) is 4. The van der Waals surface area contributed by atoms with Crippen molar-refractivity contribution in [2.75, 3.05) is 0 Å². The molecule has 0 amide bonds. The Morgan fingerprint density at radius 1 is 1.20 bits per heavy atom. The van der Waals surface area contributed by atoms with Gasteiger partial charge in [-0.05, 0) is 6.92 Å². The minimum atomic E-state index is -4.25. The molecular formula is C12H16F3N5. The Hall–Kier alpha value is -1.83. The summed E-state index contributed by atoms with van der Waals surface area (Å²) in [6, 6.07) is 0. The van der Waals surface area contributed by atoms with Gasteiger partial charge in [-0.3, -0.25) is 9.36 Å². The van der Waals surface area contributed by atoms with Gasteiger partial charge in [-0.15, -0.1) is 0 Å². The van der Waals surface area contributed by atoms with Crippen LogP contribution in [0.1, 0.15) is 16.8 Å². The summed E-state index contributed by atoms with van der Waals surface area (Å²) in [4.78, 5) is 0. The van der Waals surface area contributed by atoms with Gasteiger partial charge in [0.2, 0.25) is 0 Å². The van der Waals surface area contributed by atoms with E-state index in [1.165, 1.54) is 12.4 Å². The van der Waals surface area contributed by atoms with E-state index >= 15 is 0 Å². The first-order chi connectivity index (χ1) is 9.35. The molecule has 0 radical (unpaired) electrons. The highest BCUT2D eigenvalue weighted by atomic mass is 19.4. The highest BCUT2D eigenvalue weighted by molar-refractivity contribution is 5.15. The van der Waals surface area contributed by atoms with Crippen molar-refractivity contribution in [1.82, 2.24) is 24.9 Å². The van der Waals surface area contributed by atoms with Crippen LogP contribution in [-0.2, 0) is 26.7 Å². The molecule has 2 heterocycles. The quantitative estimate of drug-likeness (QED) is 0.912. The van der Waals surface area contributed by atoms with Gasteiger partial charge in [0, 0.05) is 43.2 Å². The lowest BCUT2D eigenvalue weighted by Crippen LogP contribution is -2.18. The van der Waals surface area contributed by atoms with Gasteiger partial charge in [-0.2, -0.15) is 23.4 Å². The van der Waals surface area contributed by atoms with Crippen LogP contribution >= 0.6 is 0 Å². The Morgan fingerprint density at radius 2 is 1.95 bits per heavy atom. The molecule has 2 aromatic heterocycles. The second kappa shape index (κ2) is 5.66. The Morgan fingerprint density at radius 3 is 2.55 bits per heavy atom. The van der Waals surface area contributed by atoms with Gasteiger partial charge < -0.3 is 5.32 Å². The molecule has 8 heteroatoms. The van der Waals surface area contributed by atoms with Gasteiger partial charge >= 0.3 is 6.18 Å². The van der Waals surface area contributed by atoms with E-state index in [9.17, 15) is 13.2 Å². The van der Waals surface area contributed by atoms with E-state index in [1.807, 2.05) is 14.0 Å². The zero-order valence-electron chi connectivity index (χ0n) is 11.3. The number of aryl methyl sites for hydroxylation is 1. The van der Waals surface area contributed by atoms with E-state index in [4.69, 9.17) is 0 Å². The summed E-state index contributed by atoms with van der Waals surface area (Å²) in [6.45, 7) is 1.98. The monoisotopic (exact) mass is 287 g/mol. The van der Waals surface area contributed by atoms with E-state index in [1.54, 1.807) is 10.9 Å². The minimum Gasteiger partial charge on any atom is -0.308 e. The zero-order chi connectivity index (χ0) is 14.8. The van der Waals surface area contributed by atoms with Crippen molar-refractivity contribution in [3.8, 4) is 0 Å². The largest absolute Gasteiger partial charge is 0.408 e. The third kappa shape index (κ3) is 3.83. The van der Waals surface area contributed by atoms with Crippen LogP contribution in [-0.4, -0.2) is 25.7 Å². The average molecular weight is 287 g/mol. The maximum Gasteiger partial charge on any atom is 0.408 e. The van der Waals surface area contributed by atoms with Gasteiger partial charge in [0.15, 0.2) is 0 Å². The van der Waals surface area contributed by atoms with Crippen molar-refractivity contribution in [2.24, 2.45) is 7.05 Å². The van der Waals surface area contributed by atoms with E-state index in [0.717, 1.165) is 21.5 Å². The number of alkyl halides is 3. The van der Waals surface area contributed by atoms with Crippen molar-refractivity contribution >= 4 is 0 Å². The van der Waals surface area contributed by atoms with Crippen LogP contribution in [0.5, 0.6) is 0 Å². The highest BCUT2D eigenvalue weighted by Gasteiger charge is 2.28. The van der Waals surface area contributed by atoms with E-state index < -0.39 is 12.7 Å². The first-order valence-electron chi connectivity index (χ1n) is 6.11. The number of rotatable bonds is 5. The molecule has 0 aromatic carbocycles. The molecule has 5 nitrogen and oxygen atoms in total. The Balaban J connectivity index is 1.84. The van der Waals surface area contributed by atoms with Gasteiger partial charge in [-0.1, -0.05) is 0 Å². The Bertz CT molecular complexity index is 570. The third-order valence-electron chi connectivity index (χ3n) is 3.01. The number of hydrogen-bond donors (Lipinski definition) is 1. The molecule has 110 valence electrons. The molecule has 0 unspecified atom stereocenters. The van der Waals surface area contributed by atoms with Crippen LogP contribution in [0.25, 0.3) is 0 Å². The van der Waals surface area contributed by atoms with Crippen LogP contribution in [0, 0.1) is 6.92 Å². The average Bonchev–Trinajstić information content (AvgIpc) is 2.88. The van der Waals surface area contributed by atoms with Crippen molar-refractivity contribution in [3.05, 3.63) is 35.4 Å². The van der Waals surface area contributed by atoms with Crippen LogP contribution < -0.4 is 5.32 Å². The molecule has 0 saturated carbocycles. The summed E-state index contributed by atoms with van der Waals surface area (Å²) in [5.41, 5.74) is 2.84. The molecule has 0 spiro atoms. The molecule has 1 N–H and O–H groups in total. The fraction of sp³-hybridized carbons (Fsp3) is 0.500. The molecule has 0 saturated heterocycles. The Labute approximate surface area is 114 Å². The van der Waals surface area contributed by atoms with Gasteiger partial charge in [0.25, 0.3) is 0 Å². The molecule has 0 aliphatic heterocycles. The predicted octanol–water partition coefficient (Wildman–Crippen LogP) is 1.78. The van der Waals surface area contributed by atoms with Crippen molar-refractivity contribution < 1.29 is 13.2 Å². The van der Waals surface area contributed by atoms with Gasteiger partial charge in [0.05, 0.1) is 12.4 Å². The van der Waals surface area contributed by atoms with E-state index in [2.05, 4.69) is 15.5 Å². The Kier molecular flexibility index (Phi) is 4.12. The minimum absolute atomic E-state index is 0.464. The van der Waals surface area contributed by atoms with Crippen LogP contribution in [0.15, 0.2) is 18.6 Å². The summed E-state index contributed by atoms with van der Waals surface area (Å²) in [7, 11) is 1.86. The second-order valence-corrected chi connectivity index (χ2v) is 4.64. The van der Waals surface area contributed by atoms with Gasteiger partial charge in [-0.25, -0.2) is 0 Å². The molecule has 0 aliphatic carbocycles. The number of nitrogens with one attached hydrogen (secondary N) is 1. The first kappa shape index (κ1) is 14.6. The maximum absolute atomic E-state index is 12.2. The summed E-state index contributed by atoms with van der Waals surface area (Å²) in [6.07, 6.45) is 0.365. The molecule has 0 atom stereocenters. The van der Waals surface area contributed by atoms with E-state index in [0.29, 0.717) is 13.1 Å². The lowest BCUT2D eigenvalue weighted by atomic mass is 10.2. The standard InChI is InChI=1S/C12H16F3N5/c1-9-11(6-17-19(9)2)5-16-3-10-4-18-20(7-10)8-12(13,14)15/h4,6-7,16H,3,5,8H2,1-2H3. The molecular weight excluding hydrogens is 271 g/mol. The molecule has 20 heavy (non-hydrogen) atoms. The van der Waals surface area contributed by atoms with E-state index in [-0.39, 0.29) is 0 Å². The first-order valence-corrected chi connectivity index (χ1v) is 6.11. The fourth-order valence-corrected chi connectivity index (χ4v) is 1.83. The van der Waals surface area contributed by atoms with Crippen molar-refractivity contribution in [1.29, 1.82) is 0 Å². The molecule has 2 rings (SSSR count). The van der Waals surface area contributed by atoms with Crippen LogP contribution in [0.4, 0.5) is 13.2 Å². The lowest BCUT2D eigenvalue weighted by molar-refractivity contribution is -0.142. The zero-order valence-corrected chi connectivity index (χ0v) is 11.3. The summed E-state index contributed by atoms with van der Waals surface area (Å²) in [5.74, 6) is 0. The normalized spacial score (nSPS) is 12.1. The molecule has 0 fully saturated rings. The third-order valence-corrected chi connectivity index (χ3v) is 3.01. The number of halogens is 3. The molecule has 0 bridgehead atoms. The maximum atomic E-state index is 12.2. The van der Waals surface area contributed by atoms with Crippen LogP contribution in [0.3, 0.4) is 0 Å². The predicted molar refractivity (Wildman–Crippen MR) is 66.8 cm³/mol. The highest BCUT2D eigenvalue weighted by Crippen LogP contribution is 2.17. The second-order valence-electron chi connectivity index (χ2n) is 4.64. The van der Waals surface area contributed by atoms with Crippen LogP contribution in [0.2, 0.25) is 0 Å². The lowest BCUT2D eigenvalue weighted by Gasteiger charge is -2.05. The summed E-state index contributed by atoms with van der Waals surface area (Å²) in [5, 5.41) is 11.0. The molecule has 0 aliphatic rings. The topological polar surface area (TPSA) is 47.7 Å². The summed E-state index contributed by atoms with van der Waals surface area (Å²) >= 11 is 0. The number of aromatic nitrogens is 4. The van der Waals surface area contributed by atoms with Gasteiger partial charge in [0.1, 0.15) is 6.54 Å². The molecule has 2 aromatic rings. The smallest absolute Gasteiger partial charge is 0.308 e. The number of hydrogen-bond acceptors (Lipinski definition) is 3. The van der Waals surface area contributed by atoms with Crippen molar-refractivity contribution in [3.63, 3.8) is 0 Å². The summed E-state index contributed by atoms with van der Waals surface area (Å²) < 4.78 is 39.2. The fourth-order valence-electron chi connectivity index (χ4n) is 1.83.